The van der Waals surface area contributed by atoms with Crippen molar-refractivity contribution >= 4 is 17.2 Å². The predicted molar refractivity (Wildman–Crippen MR) is 111 cm³/mol. The Morgan fingerprint density at radius 2 is 1.87 bits per heavy atom. The van der Waals surface area contributed by atoms with Crippen molar-refractivity contribution in [3.05, 3.63) is 84.2 Å². The van der Waals surface area contributed by atoms with Crippen LogP contribution in [0.5, 0.6) is 5.75 Å². The minimum atomic E-state index is -4.48. The van der Waals surface area contributed by atoms with Crippen LogP contribution in [0.4, 0.5) is 18.9 Å². The van der Waals surface area contributed by atoms with Crippen molar-refractivity contribution in [2.24, 2.45) is 0 Å². The first-order chi connectivity index (χ1) is 14.8. The van der Waals surface area contributed by atoms with Gasteiger partial charge in [-0.15, -0.1) is 0 Å². The Labute approximate surface area is 176 Å². The molecule has 0 spiro atoms. The molecule has 1 N–H and O–H groups in total. The number of alkyl halides is 3. The minimum Gasteiger partial charge on any atom is -0.484 e. The Hall–Kier alpha value is -3.81. The van der Waals surface area contributed by atoms with Gasteiger partial charge in [0.2, 0.25) is 0 Å². The molecule has 0 aliphatic carbocycles. The number of aromatic nitrogens is 2. The summed E-state index contributed by atoms with van der Waals surface area (Å²) < 4.78 is 46.5. The van der Waals surface area contributed by atoms with Crippen molar-refractivity contribution in [3.8, 4) is 17.0 Å². The van der Waals surface area contributed by atoms with Crippen LogP contribution < -0.4 is 10.1 Å². The van der Waals surface area contributed by atoms with Crippen LogP contribution in [0.15, 0.2) is 73.1 Å². The van der Waals surface area contributed by atoms with E-state index in [9.17, 15) is 18.0 Å². The SMILES string of the molecule is Cc1ccc(NC(=O)COc2ccc(-c3cnc4ccccn34)cc2)cc1C(F)(F)F. The first-order valence-electron chi connectivity index (χ1n) is 9.44. The highest BCUT2D eigenvalue weighted by atomic mass is 19.4. The molecule has 0 unspecified atom stereocenters. The number of imidazole rings is 1. The number of carbonyl (C=O) groups is 1. The number of hydrogen-bond acceptors (Lipinski definition) is 3. The molecule has 2 heterocycles. The molecule has 1 amide bonds. The quantitative estimate of drug-likeness (QED) is 0.469. The molecule has 0 fully saturated rings. The van der Waals surface area contributed by atoms with Gasteiger partial charge in [0.15, 0.2) is 6.61 Å². The zero-order valence-electron chi connectivity index (χ0n) is 16.5. The lowest BCUT2D eigenvalue weighted by Gasteiger charge is -2.13. The number of aryl methyl sites for hydroxylation is 1. The molecule has 0 aliphatic heterocycles. The van der Waals surface area contributed by atoms with Gasteiger partial charge in [-0.3, -0.25) is 9.20 Å². The van der Waals surface area contributed by atoms with Gasteiger partial charge in [-0.2, -0.15) is 13.2 Å². The summed E-state index contributed by atoms with van der Waals surface area (Å²) in [6, 6.07) is 16.5. The Morgan fingerprint density at radius 3 is 2.61 bits per heavy atom. The average Bonchev–Trinajstić information content (AvgIpc) is 3.17. The maximum absolute atomic E-state index is 13.0. The molecule has 158 valence electrons. The van der Waals surface area contributed by atoms with Crippen LogP contribution in [0.25, 0.3) is 16.9 Å². The van der Waals surface area contributed by atoms with Crippen molar-refractivity contribution < 1.29 is 22.7 Å². The van der Waals surface area contributed by atoms with E-state index in [1.807, 2.05) is 40.9 Å². The third-order valence-electron chi connectivity index (χ3n) is 4.76. The number of rotatable bonds is 5. The zero-order chi connectivity index (χ0) is 22.0. The van der Waals surface area contributed by atoms with Gasteiger partial charge in [0.25, 0.3) is 5.91 Å². The topological polar surface area (TPSA) is 55.6 Å². The van der Waals surface area contributed by atoms with E-state index in [1.54, 1.807) is 18.3 Å². The Balaban J connectivity index is 1.39. The number of nitrogens with zero attached hydrogens (tertiary/aromatic N) is 2. The van der Waals surface area contributed by atoms with E-state index in [0.29, 0.717) is 5.75 Å². The Bertz CT molecular complexity index is 1230. The summed E-state index contributed by atoms with van der Waals surface area (Å²) >= 11 is 0. The minimum absolute atomic E-state index is 0.0643. The lowest BCUT2D eigenvalue weighted by molar-refractivity contribution is -0.138. The van der Waals surface area contributed by atoms with Gasteiger partial charge in [0.1, 0.15) is 11.4 Å². The van der Waals surface area contributed by atoms with Crippen molar-refractivity contribution in [2.45, 2.75) is 13.1 Å². The summed E-state index contributed by atoms with van der Waals surface area (Å²) in [6.45, 7) is 1.04. The van der Waals surface area contributed by atoms with Gasteiger partial charge < -0.3 is 10.1 Å². The van der Waals surface area contributed by atoms with Crippen LogP contribution in [0, 0.1) is 6.92 Å². The molecule has 0 bridgehead atoms. The van der Waals surface area contributed by atoms with Crippen LogP contribution in [-0.2, 0) is 11.0 Å². The second-order valence-electron chi connectivity index (χ2n) is 6.96. The highest BCUT2D eigenvalue weighted by Crippen LogP contribution is 2.33. The first-order valence-corrected chi connectivity index (χ1v) is 9.44. The third-order valence-corrected chi connectivity index (χ3v) is 4.76. The Kier molecular flexibility index (Phi) is 5.37. The summed E-state index contributed by atoms with van der Waals surface area (Å²) in [4.78, 5) is 16.5. The Morgan fingerprint density at radius 1 is 1.10 bits per heavy atom. The van der Waals surface area contributed by atoms with Crippen molar-refractivity contribution in [3.63, 3.8) is 0 Å². The first kappa shape index (κ1) is 20.5. The number of amides is 1. The molecule has 8 heteroatoms. The number of anilines is 1. The number of benzene rings is 2. The van der Waals surface area contributed by atoms with Crippen LogP contribution >= 0.6 is 0 Å². The fraction of sp³-hybridized carbons (Fsp3) is 0.130. The molecule has 0 atom stereocenters. The summed E-state index contributed by atoms with van der Waals surface area (Å²) in [5.74, 6) is -0.0876. The number of ether oxygens (including phenoxy) is 1. The molecule has 5 nitrogen and oxygen atoms in total. The maximum atomic E-state index is 13.0. The van der Waals surface area contributed by atoms with Gasteiger partial charge in [-0.25, -0.2) is 4.98 Å². The highest BCUT2D eigenvalue weighted by molar-refractivity contribution is 5.92. The average molecular weight is 425 g/mol. The lowest BCUT2D eigenvalue weighted by atomic mass is 10.1. The maximum Gasteiger partial charge on any atom is 0.416 e. The summed E-state index contributed by atoms with van der Waals surface area (Å²) in [6.07, 6.45) is -0.791. The van der Waals surface area contributed by atoms with Crippen molar-refractivity contribution in [1.29, 1.82) is 0 Å². The van der Waals surface area contributed by atoms with Gasteiger partial charge in [-0.1, -0.05) is 12.1 Å². The number of pyridine rings is 1. The molecular formula is C23H18F3N3O2. The number of nitrogens with one attached hydrogen (secondary N) is 1. The van der Waals surface area contributed by atoms with Gasteiger partial charge in [-0.05, 0) is 61.0 Å². The molecule has 0 saturated heterocycles. The van der Waals surface area contributed by atoms with Crippen molar-refractivity contribution in [2.75, 3.05) is 11.9 Å². The van der Waals surface area contributed by atoms with Gasteiger partial charge in [0, 0.05) is 17.4 Å². The van der Waals surface area contributed by atoms with E-state index in [4.69, 9.17) is 4.74 Å². The highest BCUT2D eigenvalue weighted by Gasteiger charge is 2.32. The summed E-state index contributed by atoms with van der Waals surface area (Å²) in [5, 5.41) is 2.43. The molecule has 0 saturated carbocycles. The second-order valence-corrected chi connectivity index (χ2v) is 6.96. The van der Waals surface area contributed by atoms with Crippen LogP contribution in [0.2, 0.25) is 0 Å². The normalized spacial score (nSPS) is 11.5. The summed E-state index contributed by atoms with van der Waals surface area (Å²) in [5.41, 5.74) is 2.05. The molecule has 2 aromatic heterocycles. The largest absolute Gasteiger partial charge is 0.484 e. The van der Waals surface area contributed by atoms with Gasteiger partial charge >= 0.3 is 6.18 Å². The fourth-order valence-corrected chi connectivity index (χ4v) is 3.22. The number of halogens is 3. The lowest BCUT2D eigenvalue weighted by Crippen LogP contribution is -2.20. The smallest absolute Gasteiger partial charge is 0.416 e. The van der Waals surface area contributed by atoms with E-state index in [1.165, 1.54) is 19.1 Å². The predicted octanol–water partition coefficient (Wildman–Crippen LogP) is 5.35. The van der Waals surface area contributed by atoms with E-state index in [0.717, 1.165) is 23.0 Å². The van der Waals surface area contributed by atoms with E-state index < -0.39 is 17.6 Å². The molecule has 4 aromatic rings. The van der Waals surface area contributed by atoms with Gasteiger partial charge in [0.05, 0.1) is 17.5 Å². The zero-order valence-corrected chi connectivity index (χ0v) is 16.5. The fourth-order valence-electron chi connectivity index (χ4n) is 3.22. The molecule has 0 aliphatic rings. The molecular weight excluding hydrogens is 407 g/mol. The van der Waals surface area contributed by atoms with Crippen molar-refractivity contribution in [1.82, 2.24) is 9.38 Å². The number of hydrogen-bond donors (Lipinski definition) is 1. The standard InChI is InChI=1S/C23H18F3N3O2/c1-15-5-8-17(12-19(15)23(24,25)26)28-22(30)14-31-18-9-6-16(7-10-18)20-13-27-21-4-2-3-11-29(20)21/h2-13H,14H2,1H3,(H,28,30). The molecule has 31 heavy (non-hydrogen) atoms. The van der Waals surface area contributed by atoms with E-state index in [2.05, 4.69) is 10.3 Å². The third kappa shape index (κ3) is 4.53. The van der Waals surface area contributed by atoms with Crippen LogP contribution in [0.1, 0.15) is 11.1 Å². The summed E-state index contributed by atoms with van der Waals surface area (Å²) in [7, 11) is 0. The second kappa shape index (κ2) is 8.14. The molecule has 4 rings (SSSR count). The molecule has 2 aromatic carbocycles. The number of carbonyl (C=O) groups excluding carboxylic acids is 1. The number of fused-ring (bicyclic) bond motifs is 1. The van der Waals surface area contributed by atoms with E-state index >= 15 is 0 Å². The van der Waals surface area contributed by atoms with Crippen LogP contribution in [0.3, 0.4) is 0 Å². The van der Waals surface area contributed by atoms with E-state index in [-0.39, 0.29) is 17.9 Å². The molecule has 0 radical (unpaired) electrons. The monoisotopic (exact) mass is 425 g/mol. The van der Waals surface area contributed by atoms with Crippen LogP contribution in [-0.4, -0.2) is 21.9 Å².